The largest absolute Gasteiger partial charge is 0.359 e. The molecular weight excluding hydrogens is 92.1 g/mol. The topological polar surface area (TPSA) is 29.6 Å². The van der Waals surface area contributed by atoms with E-state index in [0.29, 0.717) is 0 Å². The van der Waals surface area contributed by atoms with Gasteiger partial charge in [-0.15, -0.1) is 0 Å². The van der Waals surface area contributed by atoms with Crippen LogP contribution in [-0.2, 0) is 9.53 Å². The molecule has 0 aromatic heterocycles. The zero-order chi connectivity index (χ0) is 5.49. The van der Waals surface area contributed by atoms with E-state index >= 15 is 0 Å². The molecule has 0 aliphatic carbocycles. The molecule has 0 amide bonds. The van der Waals surface area contributed by atoms with Crippen LogP contribution >= 0.6 is 0 Å². The summed E-state index contributed by atoms with van der Waals surface area (Å²) >= 11 is 0. The molecule has 1 aliphatic heterocycles. The van der Waals surface area contributed by atoms with Crippen LogP contribution in [-0.4, -0.2) is 18.0 Å². The van der Waals surface area contributed by atoms with Gasteiger partial charge in [0.2, 0.25) is 0 Å². The van der Waals surface area contributed by atoms with E-state index in [1.807, 2.05) is 6.92 Å². The highest BCUT2D eigenvalue weighted by Gasteiger charge is 2.48. The highest BCUT2D eigenvalue weighted by atomic mass is 16.6. The first-order valence-electron chi connectivity index (χ1n) is 2.33. The van der Waals surface area contributed by atoms with Crippen molar-refractivity contribution in [1.29, 1.82) is 0 Å². The van der Waals surface area contributed by atoms with Crippen molar-refractivity contribution in [3.63, 3.8) is 0 Å². The van der Waals surface area contributed by atoms with Gasteiger partial charge in [0.25, 0.3) is 0 Å². The fraction of sp³-hybridized carbons (Fsp3) is 0.800. The zero-order valence-corrected chi connectivity index (χ0v) is 4.47. The Kier molecular flexibility index (Phi) is 0.729. The number of hydrogen-bond donors (Lipinski definition) is 0. The van der Waals surface area contributed by atoms with Crippen LogP contribution in [0.4, 0.5) is 0 Å². The number of carbonyl (C=O) groups excluding carboxylic acids is 1. The van der Waals surface area contributed by atoms with Gasteiger partial charge in [0.15, 0.2) is 6.29 Å². The molecule has 0 saturated carbocycles. The molecule has 0 spiro atoms. The summed E-state index contributed by atoms with van der Waals surface area (Å²) < 4.78 is 4.89. The third kappa shape index (κ3) is 0.548. The average Bonchev–Trinajstić information content (AvgIpc) is 2.18. The predicted molar refractivity (Wildman–Crippen MR) is 25.0 cm³/mol. The van der Waals surface area contributed by atoms with Crippen LogP contribution in [0.2, 0.25) is 0 Å². The Morgan fingerprint density at radius 3 is 2.29 bits per heavy atom. The van der Waals surface area contributed by atoms with Crippen molar-refractivity contribution in [2.24, 2.45) is 0 Å². The Hall–Kier alpha value is -0.370. The van der Waals surface area contributed by atoms with Crippen molar-refractivity contribution < 1.29 is 9.53 Å². The van der Waals surface area contributed by atoms with E-state index in [4.69, 9.17) is 4.74 Å². The second kappa shape index (κ2) is 1.07. The summed E-state index contributed by atoms with van der Waals surface area (Å²) in [5, 5.41) is 0. The maximum absolute atomic E-state index is 9.97. The van der Waals surface area contributed by atoms with Crippen molar-refractivity contribution in [3.8, 4) is 0 Å². The van der Waals surface area contributed by atoms with Gasteiger partial charge in [-0.05, 0) is 13.8 Å². The SMILES string of the molecule is C[C@H]1O[C@]1(C)C=O. The minimum atomic E-state index is -0.431. The van der Waals surface area contributed by atoms with Gasteiger partial charge in [0.1, 0.15) is 5.60 Å². The normalized spacial score (nSPS) is 48.6. The quantitative estimate of drug-likeness (QED) is 0.352. The lowest BCUT2D eigenvalue weighted by Gasteiger charge is -1.83. The third-order valence-electron chi connectivity index (χ3n) is 1.41. The molecule has 2 heteroatoms. The van der Waals surface area contributed by atoms with E-state index in [2.05, 4.69) is 0 Å². The number of ether oxygens (including phenoxy) is 1. The number of aldehydes is 1. The van der Waals surface area contributed by atoms with E-state index in [9.17, 15) is 4.79 Å². The Balaban J connectivity index is 2.51. The first-order valence-corrected chi connectivity index (χ1v) is 2.33. The van der Waals surface area contributed by atoms with Crippen molar-refractivity contribution in [2.45, 2.75) is 25.6 Å². The van der Waals surface area contributed by atoms with Crippen LogP contribution in [0.15, 0.2) is 0 Å². The fourth-order valence-electron chi connectivity index (χ4n) is 0.470. The minimum absolute atomic E-state index is 0.144. The summed E-state index contributed by atoms with van der Waals surface area (Å²) in [6, 6.07) is 0. The van der Waals surface area contributed by atoms with Crippen molar-refractivity contribution in [1.82, 2.24) is 0 Å². The van der Waals surface area contributed by atoms with E-state index in [1.54, 1.807) is 6.92 Å². The van der Waals surface area contributed by atoms with Gasteiger partial charge in [-0.25, -0.2) is 0 Å². The monoisotopic (exact) mass is 100 g/mol. The van der Waals surface area contributed by atoms with Gasteiger partial charge < -0.3 is 9.53 Å². The van der Waals surface area contributed by atoms with Gasteiger partial charge >= 0.3 is 0 Å². The van der Waals surface area contributed by atoms with Crippen LogP contribution < -0.4 is 0 Å². The highest BCUT2D eigenvalue weighted by Crippen LogP contribution is 2.32. The molecule has 1 rings (SSSR count). The standard InChI is InChI=1S/C5H8O2/c1-4-5(2,3-6)7-4/h3-4H,1-2H3/t4-,5-/m1/s1. The fourth-order valence-corrected chi connectivity index (χ4v) is 0.470. The van der Waals surface area contributed by atoms with Crippen molar-refractivity contribution in [2.75, 3.05) is 0 Å². The van der Waals surface area contributed by atoms with Gasteiger partial charge in [-0.1, -0.05) is 0 Å². The van der Waals surface area contributed by atoms with Crippen LogP contribution in [0.25, 0.3) is 0 Å². The smallest absolute Gasteiger partial charge is 0.154 e. The lowest BCUT2D eigenvalue weighted by atomic mass is 10.1. The second-order valence-electron chi connectivity index (χ2n) is 2.06. The third-order valence-corrected chi connectivity index (χ3v) is 1.41. The first kappa shape index (κ1) is 4.78. The van der Waals surface area contributed by atoms with Gasteiger partial charge in [0.05, 0.1) is 6.10 Å². The summed E-state index contributed by atoms with van der Waals surface area (Å²) in [7, 11) is 0. The first-order chi connectivity index (χ1) is 3.19. The maximum Gasteiger partial charge on any atom is 0.154 e. The Labute approximate surface area is 42.5 Å². The summed E-state index contributed by atoms with van der Waals surface area (Å²) in [5.74, 6) is 0. The lowest BCUT2D eigenvalue weighted by Crippen LogP contribution is -2.08. The Morgan fingerprint density at radius 2 is 2.29 bits per heavy atom. The molecule has 7 heavy (non-hydrogen) atoms. The van der Waals surface area contributed by atoms with Gasteiger partial charge in [0, 0.05) is 0 Å². The molecule has 0 aromatic rings. The molecular formula is C5H8O2. The second-order valence-corrected chi connectivity index (χ2v) is 2.06. The van der Waals surface area contributed by atoms with E-state index in [-0.39, 0.29) is 6.10 Å². The average molecular weight is 100 g/mol. The van der Waals surface area contributed by atoms with Gasteiger partial charge in [-0.3, -0.25) is 0 Å². The molecule has 0 radical (unpaired) electrons. The molecule has 0 unspecified atom stereocenters. The summed E-state index contributed by atoms with van der Waals surface area (Å²) in [6.07, 6.45) is 0.988. The molecule has 40 valence electrons. The van der Waals surface area contributed by atoms with Crippen LogP contribution in [0.1, 0.15) is 13.8 Å². The van der Waals surface area contributed by atoms with Crippen LogP contribution in [0.3, 0.4) is 0 Å². The predicted octanol–water partition coefficient (Wildman–Crippen LogP) is 0.363. The molecule has 1 saturated heterocycles. The summed E-state index contributed by atoms with van der Waals surface area (Å²) in [6.45, 7) is 3.67. The van der Waals surface area contributed by atoms with Crippen LogP contribution in [0.5, 0.6) is 0 Å². The Bertz CT molecular complexity index is 100. The maximum atomic E-state index is 9.97. The van der Waals surface area contributed by atoms with Crippen molar-refractivity contribution >= 4 is 6.29 Å². The van der Waals surface area contributed by atoms with E-state index < -0.39 is 5.60 Å². The molecule has 2 nitrogen and oxygen atoms in total. The molecule has 1 aliphatic rings. The molecule has 0 aromatic carbocycles. The molecule has 0 N–H and O–H groups in total. The lowest BCUT2D eigenvalue weighted by molar-refractivity contribution is -0.111. The van der Waals surface area contributed by atoms with Crippen molar-refractivity contribution in [3.05, 3.63) is 0 Å². The highest BCUT2D eigenvalue weighted by molar-refractivity contribution is 5.66. The number of epoxide rings is 1. The van der Waals surface area contributed by atoms with Crippen LogP contribution in [0, 0.1) is 0 Å². The zero-order valence-electron chi connectivity index (χ0n) is 4.47. The number of carbonyl (C=O) groups is 1. The van der Waals surface area contributed by atoms with Gasteiger partial charge in [-0.2, -0.15) is 0 Å². The Morgan fingerprint density at radius 1 is 1.86 bits per heavy atom. The molecule has 2 atom stereocenters. The van der Waals surface area contributed by atoms with E-state index in [1.165, 1.54) is 0 Å². The summed E-state index contributed by atoms with van der Waals surface area (Å²) in [5.41, 5.74) is -0.431. The molecule has 1 heterocycles. The molecule has 0 bridgehead atoms. The minimum Gasteiger partial charge on any atom is -0.359 e. The summed E-state index contributed by atoms with van der Waals surface area (Å²) in [4.78, 5) is 9.97. The molecule has 1 fully saturated rings. The van der Waals surface area contributed by atoms with E-state index in [0.717, 1.165) is 6.29 Å². The number of hydrogen-bond acceptors (Lipinski definition) is 2. The number of rotatable bonds is 1.